The number of carbonyl (C=O) groups excluding carboxylic acids is 2. The third kappa shape index (κ3) is 4.01. The highest BCUT2D eigenvalue weighted by Crippen LogP contribution is 2.41. The predicted molar refractivity (Wildman–Crippen MR) is 128 cm³/mol. The minimum absolute atomic E-state index is 0.0929. The molecule has 0 fully saturated rings. The molecule has 1 aromatic heterocycles. The minimum atomic E-state index is -0.129. The Hall–Kier alpha value is -2.94. The molecule has 0 saturated heterocycles. The van der Waals surface area contributed by atoms with Gasteiger partial charge < -0.3 is 4.57 Å². The van der Waals surface area contributed by atoms with Gasteiger partial charge in [-0.3, -0.25) is 9.59 Å². The Morgan fingerprint density at radius 2 is 1.84 bits per heavy atom. The molecular weight excluding hydrogens is 382 g/mol. The Kier molecular flexibility index (Phi) is 5.70. The van der Waals surface area contributed by atoms with E-state index in [1.54, 1.807) is 6.08 Å². The lowest BCUT2D eigenvalue weighted by molar-refractivity contribution is -0.113. The van der Waals surface area contributed by atoms with E-state index in [1.165, 1.54) is 11.1 Å². The molecule has 3 aromatic rings. The molecule has 1 heterocycles. The van der Waals surface area contributed by atoms with E-state index in [0.29, 0.717) is 5.56 Å². The van der Waals surface area contributed by atoms with E-state index < -0.39 is 0 Å². The van der Waals surface area contributed by atoms with Crippen LogP contribution in [0, 0.1) is 11.3 Å². The Morgan fingerprint density at radius 3 is 2.58 bits per heavy atom. The van der Waals surface area contributed by atoms with Crippen LogP contribution in [0.25, 0.3) is 21.8 Å². The number of hydrogen-bond acceptors (Lipinski definition) is 2. The number of para-hydroxylation sites is 1. The Labute approximate surface area is 184 Å². The topological polar surface area (TPSA) is 39.1 Å². The van der Waals surface area contributed by atoms with Crippen molar-refractivity contribution in [3.63, 3.8) is 0 Å². The fraction of sp³-hybridized carbons (Fsp3) is 0.357. The number of ketones is 2. The normalized spacial score (nSPS) is 18.6. The summed E-state index contributed by atoms with van der Waals surface area (Å²) in [7, 11) is 0. The van der Waals surface area contributed by atoms with Crippen molar-refractivity contribution in [1.82, 2.24) is 4.57 Å². The number of rotatable bonds is 6. The summed E-state index contributed by atoms with van der Waals surface area (Å²) in [5.41, 5.74) is 4.33. The largest absolute Gasteiger partial charge is 0.341 e. The number of hydrogen-bond donors (Lipinski definition) is 0. The molecule has 0 N–H and O–H groups in total. The summed E-state index contributed by atoms with van der Waals surface area (Å²) in [6, 6.07) is 14.1. The molecule has 0 radical (unpaired) electrons. The second-order valence-electron chi connectivity index (χ2n) is 9.37. The zero-order valence-electron chi connectivity index (χ0n) is 18.9. The van der Waals surface area contributed by atoms with Crippen molar-refractivity contribution in [3.05, 3.63) is 71.8 Å². The first-order valence-electron chi connectivity index (χ1n) is 11.2. The summed E-state index contributed by atoms with van der Waals surface area (Å²) in [6.07, 6.45) is 7.99. The number of nitrogens with zero attached hydrogens (tertiary/aromatic N) is 1. The smallest absolute Gasteiger partial charge is 0.170 e. The quantitative estimate of drug-likeness (QED) is 0.191. The van der Waals surface area contributed by atoms with Gasteiger partial charge in [0.1, 0.15) is 0 Å². The van der Waals surface area contributed by atoms with Crippen LogP contribution in [0.2, 0.25) is 0 Å². The maximum Gasteiger partial charge on any atom is 0.170 e. The SMILES string of the molecule is CCn1c2ccccc2c2cc(C(=O)CC(=O)/C=C/C3C(C)=CCCC3(C)C)ccc21. The van der Waals surface area contributed by atoms with Gasteiger partial charge in [-0.25, -0.2) is 0 Å². The second kappa shape index (κ2) is 8.30. The van der Waals surface area contributed by atoms with E-state index in [2.05, 4.69) is 50.5 Å². The third-order valence-electron chi connectivity index (χ3n) is 6.81. The molecule has 1 aliphatic carbocycles. The van der Waals surface area contributed by atoms with Gasteiger partial charge in [-0.15, -0.1) is 0 Å². The molecule has 0 spiro atoms. The van der Waals surface area contributed by atoms with Crippen LogP contribution in [0.1, 0.15) is 57.3 Å². The van der Waals surface area contributed by atoms with Gasteiger partial charge in [-0.1, -0.05) is 49.8 Å². The Bertz CT molecular complexity index is 1220. The van der Waals surface area contributed by atoms with Crippen LogP contribution in [-0.4, -0.2) is 16.1 Å². The fourth-order valence-corrected chi connectivity index (χ4v) is 5.07. The Morgan fingerprint density at radius 1 is 1.10 bits per heavy atom. The molecule has 3 heteroatoms. The van der Waals surface area contributed by atoms with Gasteiger partial charge in [0.25, 0.3) is 0 Å². The van der Waals surface area contributed by atoms with Gasteiger partial charge in [0.05, 0.1) is 6.42 Å². The number of allylic oxidation sites excluding steroid dienone is 4. The van der Waals surface area contributed by atoms with Crippen molar-refractivity contribution < 1.29 is 9.59 Å². The maximum absolute atomic E-state index is 12.9. The monoisotopic (exact) mass is 413 g/mol. The van der Waals surface area contributed by atoms with Crippen LogP contribution in [0.3, 0.4) is 0 Å². The lowest BCUT2D eigenvalue weighted by Gasteiger charge is -2.36. The van der Waals surface area contributed by atoms with E-state index in [1.807, 2.05) is 36.4 Å². The molecule has 31 heavy (non-hydrogen) atoms. The predicted octanol–water partition coefficient (Wildman–Crippen LogP) is 6.90. The highest BCUT2D eigenvalue weighted by molar-refractivity contribution is 6.15. The molecule has 2 aromatic carbocycles. The molecule has 1 unspecified atom stereocenters. The van der Waals surface area contributed by atoms with Crippen LogP contribution in [0.15, 0.2) is 66.3 Å². The molecule has 160 valence electrons. The van der Waals surface area contributed by atoms with Crippen molar-refractivity contribution in [2.75, 3.05) is 0 Å². The number of benzene rings is 2. The number of Topliss-reactive ketones (excluding diaryl/α,β-unsaturated/α-hetero) is 1. The van der Waals surface area contributed by atoms with Gasteiger partial charge in [0, 0.05) is 39.8 Å². The molecule has 0 amide bonds. The van der Waals surface area contributed by atoms with E-state index in [9.17, 15) is 9.59 Å². The van der Waals surface area contributed by atoms with Crippen molar-refractivity contribution in [2.45, 2.75) is 53.5 Å². The van der Waals surface area contributed by atoms with E-state index >= 15 is 0 Å². The molecule has 4 rings (SSSR count). The van der Waals surface area contributed by atoms with Crippen LogP contribution in [0.5, 0.6) is 0 Å². The van der Waals surface area contributed by atoms with Gasteiger partial charge in [-0.2, -0.15) is 0 Å². The summed E-state index contributed by atoms with van der Waals surface area (Å²) in [4.78, 5) is 25.5. The van der Waals surface area contributed by atoms with Crippen molar-refractivity contribution in [1.29, 1.82) is 0 Å². The molecule has 3 nitrogen and oxygen atoms in total. The Balaban J connectivity index is 1.56. The summed E-state index contributed by atoms with van der Waals surface area (Å²) in [5.74, 6) is -0.00729. The number of aryl methyl sites for hydroxylation is 1. The number of carbonyl (C=O) groups is 2. The van der Waals surface area contributed by atoms with Crippen molar-refractivity contribution in [2.24, 2.45) is 11.3 Å². The van der Waals surface area contributed by atoms with Gasteiger partial charge >= 0.3 is 0 Å². The lowest BCUT2D eigenvalue weighted by atomic mass is 9.68. The van der Waals surface area contributed by atoms with Crippen LogP contribution in [-0.2, 0) is 11.3 Å². The minimum Gasteiger partial charge on any atom is -0.341 e. The van der Waals surface area contributed by atoms with Crippen LogP contribution >= 0.6 is 0 Å². The molecular formula is C28H31NO2. The van der Waals surface area contributed by atoms with E-state index in [4.69, 9.17) is 0 Å². The summed E-state index contributed by atoms with van der Waals surface area (Å²) in [6.45, 7) is 9.62. The first-order valence-corrected chi connectivity index (χ1v) is 11.2. The van der Waals surface area contributed by atoms with Crippen molar-refractivity contribution >= 4 is 33.4 Å². The van der Waals surface area contributed by atoms with Gasteiger partial charge in [0.15, 0.2) is 11.6 Å². The highest BCUT2D eigenvalue weighted by atomic mass is 16.1. The van der Waals surface area contributed by atoms with Crippen LogP contribution < -0.4 is 0 Å². The molecule has 0 saturated carbocycles. The van der Waals surface area contributed by atoms with Gasteiger partial charge in [-0.05, 0) is 62.4 Å². The third-order valence-corrected chi connectivity index (χ3v) is 6.81. The summed E-state index contributed by atoms with van der Waals surface area (Å²) in [5, 5.41) is 2.21. The summed E-state index contributed by atoms with van der Waals surface area (Å²) < 4.78 is 2.26. The lowest BCUT2D eigenvalue weighted by Crippen LogP contribution is -2.26. The maximum atomic E-state index is 12.9. The molecule has 1 aliphatic rings. The zero-order valence-corrected chi connectivity index (χ0v) is 18.9. The standard InChI is InChI=1S/C28H31NO2/c1-5-29-25-11-7-6-10-22(25)23-17-20(12-15-26(23)29)27(31)18-21(30)13-14-24-19(2)9-8-16-28(24,3)4/h6-7,9-15,17,24H,5,8,16,18H2,1-4H3/b14-13+. The van der Waals surface area contributed by atoms with E-state index in [-0.39, 0.29) is 29.3 Å². The summed E-state index contributed by atoms with van der Waals surface area (Å²) >= 11 is 0. The fourth-order valence-electron chi connectivity index (χ4n) is 5.07. The average molecular weight is 414 g/mol. The zero-order chi connectivity index (χ0) is 22.2. The first-order chi connectivity index (χ1) is 14.8. The highest BCUT2D eigenvalue weighted by Gasteiger charge is 2.31. The second-order valence-corrected chi connectivity index (χ2v) is 9.37. The van der Waals surface area contributed by atoms with Crippen molar-refractivity contribution in [3.8, 4) is 0 Å². The van der Waals surface area contributed by atoms with Gasteiger partial charge in [0.2, 0.25) is 0 Å². The molecule has 0 bridgehead atoms. The first kappa shape index (κ1) is 21.3. The molecule has 1 atom stereocenters. The van der Waals surface area contributed by atoms with E-state index in [0.717, 1.165) is 35.7 Å². The average Bonchev–Trinajstić information content (AvgIpc) is 3.05. The number of fused-ring (bicyclic) bond motifs is 3. The number of aromatic nitrogens is 1. The molecule has 0 aliphatic heterocycles. The van der Waals surface area contributed by atoms with Crippen LogP contribution in [0.4, 0.5) is 0 Å².